The largest absolute Gasteiger partial charge is 0.465 e. The van der Waals surface area contributed by atoms with E-state index in [1.165, 1.54) is 0 Å². The van der Waals surface area contributed by atoms with Crippen LogP contribution in [0.25, 0.3) is 0 Å². The van der Waals surface area contributed by atoms with Crippen molar-refractivity contribution in [2.75, 3.05) is 19.7 Å². The second-order valence-electron chi connectivity index (χ2n) is 3.70. The summed E-state index contributed by atoms with van der Waals surface area (Å²) in [7, 11) is 0. The summed E-state index contributed by atoms with van der Waals surface area (Å²) >= 11 is 0. The van der Waals surface area contributed by atoms with Crippen molar-refractivity contribution in [3.8, 4) is 0 Å². The third kappa shape index (κ3) is 2.79. The van der Waals surface area contributed by atoms with E-state index in [2.05, 4.69) is 0 Å². The van der Waals surface area contributed by atoms with Crippen molar-refractivity contribution < 1.29 is 28.5 Å². The topological polar surface area (TPSA) is 70.0 Å². The maximum atomic E-state index is 12.6. The molecule has 1 amide bonds. The summed E-state index contributed by atoms with van der Waals surface area (Å²) in [6.45, 7) is 1.44. The number of carbonyl (C=O) groups is 1. The van der Waals surface area contributed by atoms with Crippen LogP contribution in [0.2, 0.25) is 0 Å². The molecule has 3 atom stereocenters. The lowest BCUT2D eigenvalue weighted by atomic mass is 9.96. The van der Waals surface area contributed by atoms with Gasteiger partial charge in [-0.25, -0.2) is 13.6 Å². The quantitative estimate of drug-likeness (QED) is 0.713. The van der Waals surface area contributed by atoms with E-state index in [-0.39, 0.29) is 19.7 Å². The molecule has 1 heterocycles. The summed E-state index contributed by atoms with van der Waals surface area (Å²) in [6, 6.07) is 0. The molecule has 0 aliphatic carbocycles. The molecule has 0 aromatic heterocycles. The van der Waals surface area contributed by atoms with Crippen LogP contribution in [0.4, 0.5) is 13.6 Å². The smallest absolute Gasteiger partial charge is 0.407 e. The van der Waals surface area contributed by atoms with E-state index in [0.29, 0.717) is 0 Å². The first kappa shape index (κ1) is 13.1. The summed E-state index contributed by atoms with van der Waals surface area (Å²) in [5.41, 5.74) is 0. The normalized spacial score (nSPS) is 27.4. The minimum atomic E-state index is -2.66. The Morgan fingerprint density at radius 1 is 1.50 bits per heavy atom. The van der Waals surface area contributed by atoms with Gasteiger partial charge in [-0.1, -0.05) is 0 Å². The van der Waals surface area contributed by atoms with Gasteiger partial charge in [0.05, 0.1) is 0 Å². The lowest BCUT2D eigenvalue weighted by Gasteiger charge is -2.22. The summed E-state index contributed by atoms with van der Waals surface area (Å²) in [4.78, 5) is 11.5. The lowest BCUT2D eigenvalue weighted by Crippen LogP contribution is -2.33. The fraction of sp³-hybridized carbons (Fsp3) is 0.889. The Labute approximate surface area is 91.6 Å². The molecule has 0 aromatic carbocycles. The standard InChI is InChI=1S/C9H15F2NO4/c1-2-16-8(13)6-4-12(9(14)15)3-5(6)7(10)11/h5-8,13H,2-4H2,1H3,(H,14,15)/t5-,6-,8?/m1/s1. The number of hydrogen-bond donors (Lipinski definition) is 2. The van der Waals surface area contributed by atoms with Gasteiger partial charge < -0.3 is 19.8 Å². The highest BCUT2D eigenvalue weighted by atomic mass is 19.3. The van der Waals surface area contributed by atoms with E-state index in [1.54, 1.807) is 6.92 Å². The SMILES string of the molecule is CCOC(O)[C@@H]1CN(C(=O)O)C[C@H]1C(F)F. The Morgan fingerprint density at radius 2 is 2.06 bits per heavy atom. The number of hydrogen-bond acceptors (Lipinski definition) is 3. The Bertz CT molecular complexity index is 252. The third-order valence-corrected chi connectivity index (χ3v) is 2.71. The molecule has 1 unspecified atom stereocenters. The average Bonchev–Trinajstić information content (AvgIpc) is 2.62. The Kier molecular flexibility index (Phi) is 4.43. The van der Waals surface area contributed by atoms with Gasteiger partial charge in [-0.15, -0.1) is 0 Å². The van der Waals surface area contributed by atoms with Crippen LogP contribution in [0.1, 0.15) is 6.92 Å². The molecule has 1 fully saturated rings. The first-order chi connectivity index (χ1) is 7.47. The summed E-state index contributed by atoms with van der Waals surface area (Å²) in [5.74, 6) is -2.03. The molecule has 2 N–H and O–H groups in total. The molecule has 0 spiro atoms. The fourth-order valence-corrected chi connectivity index (χ4v) is 1.87. The van der Waals surface area contributed by atoms with Crippen molar-refractivity contribution in [1.82, 2.24) is 4.90 Å². The first-order valence-electron chi connectivity index (χ1n) is 5.03. The predicted octanol–water partition coefficient (Wildman–Crippen LogP) is 0.832. The molecule has 1 aliphatic heterocycles. The van der Waals surface area contributed by atoms with Gasteiger partial charge in [0.1, 0.15) is 0 Å². The van der Waals surface area contributed by atoms with E-state index in [9.17, 15) is 18.7 Å². The molecule has 7 heteroatoms. The maximum Gasteiger partial charge on any atom is 0.407 e. The van der Waals surface area contributed by atoms with Gasteiger partial charge in [-0.2, -0.15) is 0 Å². The van der Waals surface area contributed by atoms with Crippen LogP contribution < -0.4 is 0 Å². The Hall–Kier alpha value is -0.950. The molecule has 1 aliphatic rings. The number of amides is 1. The number of alkyl halides is 2. The molecule has 1 saturated heterocycles. The molecule has 16 heavy (non-hydrogen) atoms. The molecule has 0 radical (unpaired) electrons. The maximum absolute atomic E-state index is 12.6. The van der Waals surface area contributed by atoms with Crippen molar-refractivity contribution in [2.24, 2.45) is 11.8 Å². The number of halogens is 2. The minimum Gasteiger partial charge on any atom is -0.465 e. The number of carboxylic acid groups (broad SMARTS) is 1. The van der Waals surface area contributed by atoms with Gasteiger partial charge in [-0.05, 0) is 6.92 Å². The zero-order chi connectivity index (χ0) is 12.3. The third-order valence-electron chi connectivity index (χ3n) is 2.71. The highest BCUT2D eigenvalue weighted by Gasteiger charge is 2.44. The summed E-state index contributed by atoms with van der Waals surface area (Å²) < 4.78 is 30.1. The highest BCUT2D eigenvalue weighted by Crippen LogP contribution is 2.31. The lowest BCUT2D eigenvalue weighted by molar-refractivity contribution is -0.146. The van der Waals surface area contributed by atoms with Gasteiger partial charge in [0.2, 0.25) is 6.43 Å². The number of rotatable bonds is 4. The number of aliphatic hydroxyl groups is 1. The van der Waals surface area contributed by atoms with Crippen LogP contribution >= 0.6 is 0 Å². The highest BCUT2D eigenvalue weighted by molar-refractivity contribution is 5.65. The van der Waals surface area contributed by atoms with Crippen molar-refractivity contribution >= 4 is 6.09 Å². The van der Waals surface area contributed by atoms with Gasteiger partial charge >= 0.3 is 6.09 Å². The average molecular weight is 239 g/mol. The van der Waals surface area contributed by atoms with Gasteiger partial charge in [0, 0.05) is 31.5 Å². The van der Waals surface area contributed by atoms with E-state index in [4.69, 9.17) is 9.84 Å². The van der Waals surface area contributed by atoms with E-state index < -0.39 is 30.6 Å². The van der Waals surface area contributed by atoms with Crippen LogP contribution in [0.15, 0.2) is 0 Å². The van der Waals surface area contributed by atoms with Crippen LogP contribution in [-0.2, 0) is 4.74 Å². The van der Waals surface area contributed by atoms with Crippen LogP contribution in [0.5, 0.6) is 0 Å². The molecule has 94 valence electrons. The predicted molar refractivity (Wildman–Crippen MR) is 50.2 cm³/mol. The number of nitrogens with zero attached hydrogens (tertiary/aromatic N) is 1. The number of likely N-dealkylation sites (tertiary alicyclic amines) is 1. The van der Waals surface area contributed by atoms with E-state index in [1.807, 2.05) is 0 Å². The zero-order valence-corrected chi connectivity index (χ0v) is 8.84. The molecule has 0 aromatic rings. The molecule has 5 nitrogen and oxygen atoms in total. The molecular weight excluding hydrogens is 224 g/mol. The monoisotopic (exact) mass is 239 g/mol. The zero-order valence-electron chi connectivity index (χ0n) is 8.84. The van der Waals surface area contributed by atoms with Crippen LogP contribution in [0, 0.1) is 11.8 Å². The van der Waals surface area contributed by atoms with Gasteiger partial charge in [-0.3, -0.25) is 0 Å². The van der Waals surface area contributed by atoms with Gasteiger partial charge in [0.15, 0.2) is 6.29 Å². The molecule has 1 rings (SSSR count). The fourth-order valence-electron chi connectivity index (χ4n) is 1.87. The van der Waals surface area contributed by atoms with E-state index >= 15 is 0 Å². The molecule has 0 bridgehead atoms. The van der Waals surface area contributed by atoms with Crippen molar-refractivity contribution in [3.63, 3.8) is 0 Å². The van der Waals surface area contributed by atoms with Crippen molar-refractivity contribution in [3.05, 3.63) is 0 Å². The van der Waals surface area contributed by atoms with Crippen molar-refractivity contribution in [1.29, 1.82) is 0 Å². The van der Waals surface area contributed by atoms with Gasteiger partial charge in [0.25, 0.3) is 0 Å². The second kappa shape index (κ2) is 5.40. The molecule has 0 saturated carbocycles. The number of aliphatic hydroxyl groups excluding tert-OH is 1. The Balaban J connectivity index is 2.69. The van der Waals surface area contributed by atoms with Crippen LogP contribution in [-0.4, -0.2) is 53.6 Å². The minimum absolute atomic E-state index is 0.120. The Morgan fingerprint density at radius 3 is 2.50 bits per heavy atom. The van der Waals surface area contributed by atoms with Crippen LogP contribution in [0.3, 0.4) is 0 Å². The van der Waals surface area contributed by atoms with E-state index in [0.717, 1.165) is 4.90 Å². The second-order valence-corrected chi connectivity index (χ2v) is 3.70. The molecular formula is C9H15F2NO4. The van der Waals surface area contributed by atoms with Crippen molar-refractivity contribution in [2.45, 2.75) is 19.6 Å². The summed E-state index contributed by atoms with van der Waals surface area (Å²) in [6.07, 6.45) is -5.25. The first-order valence-corrected chi connectivity index (χ1v) is 5.03. The number of ether oxygens (including phenoxy) is 1. The summed E-state index contributed by atoms with van der Waals surface area (Å²) in [5, 5.41) is 18.2.